The maximum atomic E-state index is 12.1. The molecule has 2 rings (SSSR count). The number of nitrogens with zero attached hydrogens (tertiary/aromatic N) is 1. The Kier molecular flexibility index (Phi) is 6.96. The Balaban J connectivity index is 1.77. The summed E-state index contributed by atoms with van der Waals surface area (Å²) in [6.07, 6.45) is 2.27. The molecule has 1 aromatic rings. The van der Waals surface area contributed by atoms with E-state index in [0.29, 0.717) is 22.3 Å². The van der Waals surface area contributed by atoms with E-state index in [1.165, 1.54) is 0 Å². The highest BCUT2D eigenvalue weighted by molar-refractivity contribution is 6.35. The SMILES string of the molecule is CCNCC1CCN(CC(=O)Nc2cc(Cl)ccc2Cl)CC1. The van der Waals surface area contributed by atoms with Crippen molar-refractivity contribution in [3.05, 3.63) is 28.2 Å². The summed E-state index contributed by atoms with van der Waals surface area (Å²) in [5.74, 6) is 0.677. The van der Waals surface area contributed by atoms with E-state index in [1.807, 2.05) is 0 Å². The molecular formula is C16H23Cl2N3O. The van der Waals surface area contributed by atoms with Crippen LogP contribution in [0.1, 0.15) is 19.8 Å². The van der Waals surface area contributed by atoms with E-state index in [-0.39, 0.29) is 5.91 Å². The van der Waals surface area contributed by atoms with E-state index in [0.717, 1.165) is 44.9 Å². The highest BCUT2D eigenvalue weighted by Crippen LogP contribution is 2.25. The summed E-state index contributed by atoms with van der Waals surface area (Å²) < 4.78 is 0. The highest BCUT2D eigenvalue weighted by Gasteiger charge is 2.20. The lowest BCUT2D eigenvalue weighted by molar-refractivity contribution is -0.117. The molecule has 1 aliphatic rings. The summed E-state index contributed by atoms with van der Waals surface area (Å²) in [4.78, 5) is 14.3. The van der Waals surface area contributed by atoms with Crippen LogP contribution in [-0.4, -0.2) is 43.5 Å². The van der Waals surface area contributed by atoms with Gasteiger partial charge in [-0.05, 0) is 63.1 Å². The van der Waals surface area contributed by atoms with Gasteiger partial charge in [-0.3, -0.25) is 9.69 Å². The fourth-order valence-electron chi connectivity index (χ4n) is 2.68. The van der Waals surface area contributed by atoms with Crippen LogP contribution in [-0.2, 0) is 4.79 Å². The Bertz CT molecular complexity index is 502. The molecule has 0 aromatic heterocycles. The van der Waals surface area contributed by atoms with E-state index in [2.05, 4.69) is 22.5 Å². The number of rotatable bonds is 6. The monoisotopic (exact) mass is 343 g/mol. The van der Waals surface area contributed by atoms with Crippen molar-refractivity contribution in [1.82, 2.24) is 10.2 Å². The van der Waals surface area contributed by atoms with Crippen LogP contribution in [0.3, 0.4) is 0 Å². The van der Waals surface area contributed by atoms with E-state index in [4.69, 9.17) is 23.2 Å². The average molecular weight is 344 g/mol. The van der Waals surface area contributed by atoms with Gasteiger partial charge < -0.3 is 10.6 Å². The first-order valence-electron chi connectivity index (χ1n) is 7.76. The minimum absolute atomic E-state index is 0.0469. The van der Waals surface area contributed by atoms with Crippen LogP contribution in [0.2, 0.25) is 10.0 Å². The summed E-state index contributed by atoms with van der Waals surface area (Å²) in [7, 11) is 0. The second kappa shape index (κ2) is 8.73. The molecule has 0 aliphatic carbocycles. The van der Waals surface area contributed by atoms with Gasteiger partial charge in [-0.25, -0.2) is 0 Å². The average Bonchev–Trinajstić information content (AvgIpc) is 2.50. The first-order chi connectivity index (χ1) is 10.6. The lowest BCUT2D eigenvalue weighted by atomic mass is 9.97. The second-order valence-corrected chi connectivity index (χ2v) is 6.54. The number of likely N-dealkylation sites (tertiary alicyclic amines) is 1. The normalized spacial score (nSPS) is 16.7. The molecule has 0 saturated carbocycles. The van der Waals surface area contributed by atoms with Crippen LogP contribution in [0.15, 0.2) is 18.2 Å². The van der Waals surface area contributed by atoms with Gasteiger partial charge in [0.05, 0.1) is 17.3 Å². The van der Waals surface area contributed by atoms with Gasteiger partial charge in [-0.2, -0.15) is 0 Å². The quantitative estimate of drug-likeness (QED) is 0.833. The fraction of sp³-hybridized carbons (Fsp3) is 0.562. The second-order valence-electron chi connectivity index (χ2n) is 5.70. The summed E-state index contributed by atoms with van der Waals surface area (Å²) in [5.41, 5.74) is 0.571. The van der Waals surface area contributed by atoms with E-state index >= 15 is 0 Å². The van der Waals surface area contributed by atoms with Gasteiger partial charge in [0.2, 0.25) is 5.91 Å². The van der Waals surface area contributed by atoms with E-state index < -0.39 is 0 Å². The summed E-state index contributed by atoms with van der Waals surface area (Å²) in [6, 6.07) is 5.06. The smallest absolute Gasteiger partial charge is 0.238 e. The molecule has 4 nitrogen and oxygen atoms in total. The number of amides is 1. The van der Waals surface area contributed by atoms with Crippen LogP contribution in [0.25, 0.3) is 0 Å². The first-order valence-corrected chi connectivity index (χ1v) is 8.52. The van der Waals surface area contributed by atoms with Gasteiger partial charge in [0, 0.05) is 5.02 Å². The molecule has 1 amide bonds. The van der Waals surface area contributed by atoms with E-state index in [1.54, 1.807) is 18.2 Å². The molecule has 1 aliphatic heterocycles. The number of halogens is 2. The third-order valence-electron chi connectivity index (χ3n) is 3.96. The number of benzene rings is 1. The Morgan fingerprint density at radius 2 is 2.05 bits per heavy atom. The van der Waals surface area contributed by atoms with Gasteiger partial charge in [0.15, 0.2) is 0 Å². The molecule has 0 atom stereocenters. The number of piperidine rings is 1. The topological polar surface area (TPSA) is 44.4 Å². The molecular weight excluding hydrogens is 321 g/mol. The van der Waals surface area contributed by atoms with Gasteiger partial charge in [0.25, 0.3) is 0 Å². The fourth-order valence-corrected chi connectivity index (χ4v) is 3.02. The summed E-state index contributed by atoms with van der Waals surface area (Å²) in [5, 5.41) is 7.29. The van der Waals surface area contributed by atoms with Gasteiger partial charge >= 0.3 is 0 Å². The molecule has 6 heteroatoms. The van der Waals surface area contributed by atoms with Crippen molar-refractivity contribution < 1.29 is 4.79 Å². The minimum Gasteiger partial charge on any atom is -0.324 e. The molecule has 1 saturated heterocycles. The van der Waals surface area contributed by atoms with E-state index in [9.17, 15) is 4.79 Å². The van der Waals surface area contributed by atoms with Gasteiger partial charge in [0.1, 0.15) is 0 Å². The predicted molar refractivity (Wildman–Crippen MR) is 92.8 cm³/mol. The van der Waals surface area contributed by atoms with Crippen LogP contribution < -0.4 is 10.6 Å². The van der Waals surface area contributed by atoms with Crippen molar-refractivity contribution in [2.45, 2.75) is 19.8 Å². The van der Waals surface area contributed by atoms with Gasteiger partial charge in [-0.15, -0.1) is 0 Å². The van der Waals surface area contributed by atoms with Crippen LogP contribution in [0, 0.1) is 5.92 Å². The Morgan fingerprint density at radius 1 is 1.32 bits per heavy atom. The lowest BCUT2D eigenvalue weighted by Gasteiger charge is -2.31. The Labute approximate surface area is 142 Å². The molecule has 1 aromatic carbocycles. The summed E-state index contributed by atoms with van der Waals surface area (Å²) in [6.45, 7) is 6.55. The molecule has 0 spiro atoms. The highest BCUT2D eigenvalue weighted by atomic mass is 35.5. The van der Waals surface area contributed by atoms with Crippen molar-refractivity contribution in [2.24, 2.45) is 5.92 Å². The zero-order chi connectivity index (χ0) is 15.9. The number of carbonyl (C=O) groups is 1. The standard InChI is InChI=1S/C16H23Cl2N3O/c1-2-19-10-12-5-7-21(8-6-12)11-16(22)20-15-9-13(17)3-4-14(15)18/h3-4,9,12,19H,2,5-8,10-11H2,1H3,(H,20,22). The van der Waals surface area contributed by atoms with Crippen LogP contribution in [0.4, 0.5) is 5.69 Å². The van der Waals surface area contributed by atoms with Crippen molar-refractivity contribution in [2.75, 3.05) is 38.0 Å². The zero-order valence-corrected chi connectivity index (χ0v) is 14.4. The first kappa shape index (κ1) is 17.5. The molecule has 122 valence electrons. The third kappa shape index (κ3) is 5.43. The number of anilines is 1. The Morgan fingerprint density at radius 3 is 2.73 bits per heavy atom. The molecule has 1 heterocycles. The predicted octanol–water partition coefficient (Wildman–Crippen LogP) is 3.25. The molecule has 0 radical (unpaired) electrons. The van der Waals surface area contributed by atoms with Crippen molar-refractivity contribution in [3.63, 3.8) is 0 Å². The Hall–Kier alpha value is -0.810. The van der Waals surface area contributed by atoms with Crippen LogP contribution >= 0.6 is 23.2 Å². The molecule has 0 bridgehead atoms. The molecule has 1 fully saturated rings. The number of hydrogen-bond acceptors (Lipinski definition) is 3. The minimum atomic E-state index is -0.0469. The molecule has 0 unspecified atom stereocenters. The van der Waals surface area contributed by atoms with Crippen LogP contribution in [0.5, 0.6) is 0 Å². The number of carbonyl (C=O) groups excluding carboxylic acids is 1. The maximum Gasteiger partial charge on any atom is 0.238 e. The lowest BCUT2D eigenvalue weighted by Crippen LogP contribution is -2.41. The number of hydrogen-bond donors (Lipinski definition) is 2. The van der Waals surface area contributed by atoms with Crippen molar-refractivity contribution >= 4 is 34.8 Å². The molecule has 2 N–H and O–H groups in total. The summed E-state index contributed by atoms with van der Waals surface area (Å²) >= 11 is 12.0. The van der Waals surface area contributed by atoms with Gasteiger partial charge in [-0.1, -0.05) is 30.1 Å². The maximum absolute atomic E-state index is 12.1. The number of nitrogens with one attached hydrogen (secondary N) is 2. The largest absolute Gasteiger partial charge is 0.324 e. The van der Waals surface area contributed by atoms with Crippen molar-refractivity contribution in [3.8, 4) is 0 Å². The zero-order valence-electron chi connectivity index (χ0n) is 12.9. The third-order valence-corrected chi connectivity index (χ3v) is 4.52. The van der Waals surface area contributed by atoms with Crippen molar-refractivity contribution in [1.29, 1.82) is 0 Å². The molecule has 22 heavy (non-hydrogen) atoms.